The minimum Gasteiger partial charge on any atom is -0.495 e. The highest BCUT2D eigenvalue weighted by Gasteiger charge is 2.47. The SMILES string of the molecule is OC(C1=CCCO1)C1(N2CCCCC2)CCCC1. The molecule has 0 aromatic heterocycles. The van der Waals surface area contributed by atoms with E-state index in [1.54, 1.807) is 0 Å². The molecule has 3 heteroatoms. The molecule has 3 aliphatic rings. The molecule has 18 heavy (non-hydrogen) atoms. The molecule has 3 nitrogen and oxygen atoms in total. The normalized spacial score (nSPS) is 29.9. The molecule has 1 atom stereocenters. The molecule has 0 aromatic carbocycles. The predicted molar refractivity (Wildman–Crippen MR) is 71.3 cm³/mol. The number of piperidine rings is 1. The molecule has 0 amide bonds. The summed E-state index contributed by atoms with van der Waals surface area (Å²) >= 11 is 0. The fourth-order valence-corrected chi connectivity index (χ4v) is 3.98. The van der Waals surface area contributed by atoms with E-state index in [1.807, 2.05) is 0 Å². The van der Waals surface area contributed by atoms with Crippen molar-refractivity contribution in [3.63, 3.8) is 0 Å². The number of ether oxygens (including phenoxy) is 1. The molecule has 102 valence electrons. The van der Waals surface area contributed by atoms with E-state index in [0.29, 0.717) is 0 Å². The zero-order valence-corrected chi connectivity index (χ0v) is 11.2. The van der Waals surface area contributed by atoms with Gasteiger partial charge in [0.15, 0.2) is 0 Å². The molecular weight excluding hydrogens is 226 g/mol. The quantitative estimate of drug-likeness (QED) is 0.836. The number of hydrogen-bond acceptors (Lipinski definition) is 3. The maximum Gasteiger partial charge on any atom is 0.129 e. The molecule has 0 aromatic rings. The van der Waals surface area contributed by atoms with Crippen LogP contribution in [0, 0.1) is 0 Å². The Morgan fingerprint density at radius 3 is 2.44 bits per heavy atom. The van der Waals surface area contributed by atoms with Crippen LogP contribution in [0.4, 0.5) is 0 Å². The van der Waals surface area contributed by atoms with Gasteiger partial charge in [0.2, 0.25) is 0 Å². The first-order chi connectivity index (χ1) is 8.83. The lowest BCUT2D eigenvalue weighted by atomic mass is 9.85. The highest BCUT2D eigenvalue weighted by Crippen LogP contribution is 2.42. The zero-order valence-electron chi connectivity index (χ0n) is 11.2. The number of nitrogens with zero attached hydrogens (tertiary/aromatic N) is 1. The van der Waals surface area contributed by atoms with Crippen LogP contribution < -0.4 is 0 Å². The van der Waals surface area contributed by atoms with Crippen LogP contribution in [-0.4, -0.2) is 41.3 Å². The number of rotatable bonds is 3. The lowest BCUT2D eigenvalue weighted by Crippen LogP contribution is -2.57. The van der Waals surface area contributed by atoms with Crippen molar-refractivity contribution in [1.29, 1.82) is 0 Å². The minimum absolute atomic E-state index is 0.0173. The van der Waals surface area contributed by atoms with Gasteiger partial charge in [-0.25, -0.2) is 0 Å². The first-order valence-corrected chi connectivity index (χ1v) is 7.59. The Bertz CT molecular complexity index is 314. The van der Waals surface area contributed by atoms with Gasteiger partial charge in [-0.15, -0.1) is 0 Å². The van der Waals surface area contributed by atoms with Crippen molar-refractivity contribution in [2.24, 2.45) is 0 Å². The van der Waals surface area contributed by atoms with Crippen molar-refractivity contribution in [1.82, 2.24) is 4.90 Å². The zero-order chi connectivity index (χ0) is 12.4. The molecule has 2 aliphatic heterocycles. The third-order valence-corrected chi connectivity index (χ3v) is 4.97. The van der Waals surface area contributed by atoms with Gasteiger partial charge in [0.1, 0.15) is 11.9 Å². The van der Waals surface area contributed by atoms with Gasteiger partial charge in [0, 0.05) is 6.42 Å². The van der Waals surface area contributed by atoms with E-state index < -0.39 is 6.10 Å². The molecule has 2 fully saturated rings. The van der Waals surface area contributed by atoms with Gasteiger partial charge >= 0.3 is 0 Å². The number of aliphatic hydroxyl groups excluding tert-OH is 1. The summed E-state index contributed by atoms with van der Waals surface area (Å²) < 4.78 is 5.63. The second-order valence-electron chi connectivity index (χ2n) is 6.00. The van der Waals surface area contributed by atoms with Crippen molar-refractivity contribution < 1.29 is 9.84 Å². The predicted octanol–water partition coefficient (Wildman–Crippen LogP) is 2.45. The van der Waals surface area contributed by atoms with Crippen LogP contribution in [-0.2, 0) is 4.74 Å². The summed E-state index contributed by atoms with van der Waals surface area (Å²) in [5, 5.41) is 10.8. The molecule has 1 saturated carbocycles. The molecule has 1 aliphatic carbocycles. The summed E-state index contributed by atoms with van der Waals surface area (Å²) in [6, 6.07) is 0. The molecule has 1 N–H and O–H groups in total. The highest BCUT2D eigenvalue weighted by molar-refractivity contribution is 5.15. The third-order valence-electron chi connectivity index (χ3n) is 4.97. The first kappa shape index (κ1) is 12.5. The van der Waals surface area contributed by atoms with E-state index in [0.717, 1.165) is 44.7 Å². The molecule has 1 saturated heterocycles. The standard InChI is InChI=1S/C15H25NO2/c17-14(13-7-6-12-18-13)15(8-2-3-9-15)16-10-4-1-5-11-16/h7,14,17H,1-6,8-12H2. The van der Waals surface area contributed by atoms with Gasteiger partial charge < -0.3 is 9.84 Å². The number of likely N-dealkylation sites (tertiary alicyclic amines) is 1. The maximum absolute atomic E-state index is 10.8. The maximum atomic E-state index is 10.8. The lowest BCUT2D eigenvalue weighted by molar-refractivity contribution is -0.0425. The Morgan fingerprint density at radius 2 is 1.83 bits per heavy atom. The summed E-state index contributed by atoms with van der Waals surface area (Å²) in [7, 11) is 0. The minimum atomic E-state index is -0.402. The molecule has 1 unspecified atom stereocenters. The van der Waals surface area contributed by atoms with Gasteiger partial charge in [-0.3, -0.25) is 4.90 Å². The lowest BCUT2D eigenvalue weighted by Gasteiger charge is -2.46. The van der Waals surface area contributed by atoms with E-state index in [9.17, 15) is 5.11 Å². The van der Waals surface area contributed by atoms with Crippen LogP contribution in [0.2, 0.25) is 0 Å². The summed E-state index contributed by atoms with van der Waals surface area (Å²) in [6.07, 6.45) is 11.3. The van der Waals surface area contributed by atoms with Crippen molar-refractivity contribution in [2.75, 3.05) is 19.7 Å². The molecule has 0 radical (unpaired) electrons. The largest absolute Gasteiger partial charge is 0.495 e. The van der Waals surface area contributed by atoms with Gasteiger partial charge in [0.25, 0.3) is 0 Å². The van der Waals surface area contributed by atoms with Crippen molar-refractivity contribution >= 4 is 0 Å². The third kappa shape index (κ3) is 2.08. The van der Waals surface area contributed by atoms with Gasteiger partial charge in [-0.05, 0) is 44.8 Å². The van der Waals surface area contributed by atoms with Gasteiger partial charge in [-0.1, -0.05) is 19.3 Å². The van der Waals surface area contributed by atoms with Crippen LogP contribution in [0.5, 0.6) is 0 Å². The van der Waals surface area contributed by atoms with E-state index in [4.69, 9.17) is 4.74 Å². The Morgan fingerprint density at radius 1 is 1.11 bits per heavy atom. The van der Waals surface area contributed by atoms with E-state index >= 15 is 0 Å². The van der Waals surface area contributed by atoms with Crippen LogP contribution in [0.3, 0.4) is 0 Å². The summed E-state index contributed by atoms with van der Waals surface area (Å²) in [6.45, 7) is 3.07. The van der Waals surface area contributed by atoms with E-state index in [2.05, 4.69) is 11.0 Å². The first-order valence-electron chi connectivity index (χ1n) is 7.59. The Labute approximate surface area is 110 Å². The Balaban J connectivity index is 1.80. The van der Waals surface area contributed by atoms with Crippen molar-refractivity contribution in [3.8, 4) is 0 Å². The Hall–Kier alpha value is -0.540. The Kier molecular flexibility index (Phi) is 3.62. The summed E-state index contributed by atoms with van der Waals surface area (Å²) in [4.78, 5) is 2.57. The van der Waals surface area contributed by atoms with E-state index in [-0.39, 0.29) is 5.54 Å². The highest BCUT2D eigenvalue weighted by atomic mass is 16.5. The van der Waals surface area contributed by atoms with Crippen LogP contribution in [0.1, 0.15) is 51.4 Å². The molecule has 0 spiro atoms. The average Bonchev–Trinajstić information content (AvgIpc) is 3.11. The molecule has 0 bridgehead atoms. The molecule has 3 rings (SSSR count). The van der Waals surface area contributed by atoms with Crippen LogP contribution in [0.25, 0.3) is 0 Å². The second kappa shape index (κ2) is 5.22. The fraction of sp³-hybridized carbons (Fsp3) is 0.867. The average molecular weight is 251 g/mol. The van der Waals surface area contributed by atoms with Gasteiger partial charge in [0.05, 0.1) is 12.1 Å². The topological polar surface area (TPSA) is 32.7 Å². The van der Waals surface area contributed by atoms with Crippen LogP contribution >= 0.6 is 0 Å². The number of aliphatic hydroxyl groups is 1. The van der Waals surface area contributed by atoms with Crippen molar-refractivity contribution in [2.45, 2.75) is 63.0 Å². The van der Waals surface area contributed by atoms with E-state index in [1.165, 1.54) is 32.1 Å². The fourth-order valence-electron chi connectivity index (χ4n) is 3.98. The summed E-state index contributed by atoms with van der Waals surface area (Å²) in [5.41, 5.74) is -0.0173. The van der Waals surface area contributed by atoms with Gasteiger partial charge in [-0.2, -0.15) is 0 Å². The van der Waals surface area contributed by atoms with Crippen LogP contribution in [0.15, 0.2) is 11.8 Å². The number of hydrogen-bond donors (Lipinski definition) is 1. The smallest absolute Gasteiger partial charge is 0.129 e. The monoisotopic (exact) mass is 251 g/mol. The summed E-state index contributed by atoms with van der Waals surface area (Å²) in [5.74, 6) is 0.850. The van der Waals surface area contributed by atoms with Crippen molar-refractivity contribution in [3.05, 3.63) is 11.8 Å². The molecular formula is C15H25NO2. The second-order valence-corrected chi connectivity index (χ2v) is 6.00. The molecule has 2 heterocycles.